The Balaban J connectivity index is 1.54. The van der Waals surface area contributed by atoms with Crippen molar-refractivity contribution in [1.82, 2.24) is 4.90 Å². The van der Waals surface area contributed by atoms with Gasteiger partial charge in [-0.15, -0.1) is 0 Å². The molecule has 5 rings (SSSR count). The van der Waals surface area contributed by atoms with Crippen LogP contribution in [0.3, 0.4) is 0 Å². The van der Waals surface area contributed by atoms with Gasteiger partial charge in [-0.25, -0.2) is 0 Å². The molecule has 25 heavy (non-hydrogen) atoms. The number of rotatable bonds is 2. The quantitative estimate of drug-likeness (QED) is 0.838. The van der Waals surface area contributed by atoms with Gasteiger partial charge < -0.3 is 14.6 Å². The maximum Gasteiger partial charge on any atom is 0.141 e. The van der Waals surface area contributed by atoms with Crippen molar-refractivity contribution in [2.24, 2.45) is 5.92 Å². The van der Waals surface area contributed by atoms with Crippen LogP contribution in [0, 0.1) is 31.6 Å². The van der Waals surface area contributed by atoms with Gasteiger partial charge in [0.2, 0.25) is 0 Å². The zero-order chi connectivity index (χ0) is 17.4. The highest BCUT2D eigenvalue weighted by Crippen LogP contribution is 2.35. The molecule has 2 unspecified atom stereocenters. The van der Waals surface area contributed by atoms with E-state index in [9.17, 15) is 5.11 Å². The van der Waals surface area contributed by atoms with Crippen LogP contribution < -0.4 is 4.74 Å². The normalized spacial score (nSPS) is 33.8. The first kappa shape index (κ1) is 16.9. The fourth-order valence-electron chi connectivity index (χ4n) is 4.34. The van der Waals surface area contributed by atoms with E-state index in [1.165, 1.54) is 0 Å². The molecule has 0 radical (unpaired) electrons. The van der Waals surface area contributed by atoms with E-state index in [0.29, 0.717) is 19.1 Å². The molecular weight excluding hydrogens is 314 g/mol. The molecule has 4 saturated heterocycles. The molecule has 2 atom stereocenters. The lowest BCUT2D eigenvalue weighted by Crippen LogP contribution is -2.58. The van der Waals surface area contributed by atoms with Crippen molar-refractivity contribution in [1.29, 1.82) is 0 Å². The predicted molar refractivity (Wildman–Crippen MR) is 96.8 cm³/mol. The lowest BCUT2D eigenvalue weighted by molar-refractivity contribution is -0.0713. The molecule has 4 heterocycles. The minimum absolute atomic E-state index is 0.155. The Morgan fingerprint density at radius 2 is 1.92 bits per heavy atom. The smallest absolute Gasteiger partial charge is 0.141 e. The summed E-state index contributed by atoms with van der Waals surface area (Å²) in [5, 5.41) is 11.0. The minimum atomic E-state index is -0.853. The van der Waals surface area contributed by atoms with E-state index in [1.807, 2.05) is 0 Å². The highest BCUT2D eigenvalue weighted by atomic mass is 16.5. The molecule has 0 aromatic heterocycles. The molecule has 134 valence electrons. The number of aryl methyl sites for hydroxylation is 2. The molecule has 0 aliphatic carbocycles. The van der Waals surface area contributed by atoms with Crippen molar-refractivity contribution in [3.8, 4) is 17.6 Å². The molecule has 4 heteroatoms. The van der Waals surface area contributed by atoms with Gasteiger partial charge in [0.15, 0.2) is 0 Å². The summed E-state index contributed by atoms with van der Waals surface area (Å²) < 4.78 is 11.5. The Bertz CT molecular complexity index is 683. The Morgan fingerprint density at radius 1 is 1.20 bits per heavy atom. The van der Waals surface area contributed by atoms with Crippen LogP contribution >= 0.6 is 0 Å². The average molecular weight is 341 g/mol. The summed E-state index contributed by atoms with van der Waals surface area (Å²) in [7, 11) is 0. The van der Waals surface area contributed by atoms with Crippen LogP contribution in [0.4, 0.5) is 0 Å². The van der Waals surface area contributed by atoms with Crippen molar-refractivity contribution in [3.05, 3.63) is 28.8 Å². The number of benzene rings is 1. The van der Waals surface area contributed by atoms with Gasteiger partial charge in [0.05, 0.1) is 13.2 Å². The van der Waals surface area contributed by atoms with E-state index in [1.54, 1.807) is 0 Å². The van der Waals surface area contributed by atoms with Crippen molar-refractivity contribution >= 4 is 0 Å². The highest BCUT2D eigenvalue weighted by molar-refractivity contribution is 5.49. The standard InChI is InChI=1S/C21H27NO3/c1-15-11-17(12-16(2)20(15)25-19-6-10-24-13-19)3-7-21(23)14-22-8-4-18(21)5-9-22/h11-12,18-19,23H,4-6,8-10,13-14H2,1-2H3. The molecule has 1 N–H and O–H groups in total. The van der Waals surface area contributed by atoms with Gasteiger partial charge in [0.25, 0.3) is 0 Å². The van der Waals surface area contributed by atoms with Crippen molar-refractivity contribution in [3.63, 3.8) is 0 Å². The van der Waals surface area contributed by atoms with Crippen LogP contribution in [-0.4, -0.2) is 54.6 Å². The van der Waals surface area contributed by atoms with Crippen LogP contribution in [0.5, 0.6) is 5.75 Å². The number of piperidine rings is 3. The Hall–Kier alpha value is -1.54. The Labute approximate surface area is 150 Å². The second-order valence-corrected chi connectivity index (χ2v) is 7.77. The van der Waals surface area contributed by atoms with E-state index >= 15 is 0 Å². The third-order valence-electron chi connectivity index (χ3n) is 5.78. The van der Waals surface area contributed by atoms with Crippen LogP contribution in [0.2, 0.25) is 0 Å². The zero-order valence-electron chi connectivity index (χ0n) is 15.2. The summed E-state index contributed by atoms with van der Waals surface area (Å²) in [5.74, 6) is 7.69. The summed E-state index contributed by atoms with van der Waals surface area (Å²) in [6.07, 6.45) is 3.21. The number of nitrogens with zero attached hydrogens (tertiary/aromatic N) is 1. The fourth-order valence-corrected chi connectivity index (χ4v) is 4.34. The number of hydrogen-bond acceptors (Lipinski definition) is 4. The maximum atomic E-state index is 11.0. The molecule has 0 amide bonds. The topological polar surface area (TPSA) is 41.9 Å². The van der Waals surface area contributed by atoms with Crippen molar-refractivity contribution in [2.75, 3.05) is 32.8 Å². The van der Waals surface area contributed by atoms with Crippen LogP contribution in [0.15, 0.2) is 12.1 Å². The Kier molecular flexibility index (Phi) is 4.49. The van der Waals surface area contributed by atoms with Gasteiger partial charge in [0.1, 0.15) is 17.5 Å². The molecule has 1 aromatic carbocycles. The number of fused-ring (bicyclic) bond motifs is 3. The highest BCUT2D eigenvalue weighted by Gasteiger charge is 2.44. The summed E-state index contributed by atoms with van der Waals surface area (Å²) in [5.41, 5.74) is 2.29. The summed E-state index contributed by atoms with van der Waals surface area (Å²) in [6, 6.07) is 4.13. The van der Waals surface area contributed by atoms with Crippen molar-refractivity contribution < 1.29 is 14.6 Å². The molecule has 4 fully saturated rings. The van der Waals surface area contributed by atoms with E-state index in [2.05, 4.69) is 42.7 Å². The number of aliphatic hydroxyl groups is 1. The molecule has 4 aliphatic heterocycles. The van der Waals surface area contributed by atoms with Gasteiger partial charge in [-0.1, -0.05) is 11.8 Å². The summed E-state index contributed by atoms with van der Waals surface area (Å²) in [6.45, 7) is 8.46. The molecule has 4 nitrogen and oxygen atoms in total. The molecular formula is C21H27NO3. The summed E-state index contributed by atoms with van der Waals surface area (Å²) >= 11 is 0. The van der Waals surface area contributed by atoms with E-state index in [0.717, 1.165) is 61.4 Å². The second kappa shape index (κ2) is 6.64. The van der Waals surface area contributed by atoms with Crippen LogP contribution in [0.25, 0.3) is 0 Å². The van der Waals surface area contributed by atoms with Crippen LogP contribution in [0.1, 0.15) is 36.0 Å². The molecule has 4 aliphatic rings. The maximum absolute atomic E-state index is 11.0. The minimum Gasteiger partial charge on any atom is -0.487 e. The van der Waals surface area contributed by atoms with Gasteiger partial charge in [-0.3, -0.25) is 4.90 Å². The molecule has 2 bridgehead atoms. The molecule has 0 spiro atoms. The number of ether oxygens (including phenoxy) is 2. The van der Waals surface area contributed by atoms with E-state index in [4.69, 9.17) is 9.47 Å². The Morgan fingerprint density at radius 3 is 2.48 bits per heavy atom. The van der Waals surface area contributed by atoms with Gasteiger partial charge in [0, 0.05) is 24.4 Å². The SMILES string of the molecule is Cc1cc(C#CC2(O)CN3CCC2CC3)cc(C)c1OC1CCOC1. The lowest BCUT2D eigenvalue weighted by Gasteiger charge is -2.47. The predicted octanol–water partition coefficient (Wildman–Crippen LogP) is 2.28. The fraction of sp³-hybridized carbons (Fsp3) is 0.619. The first-order valence-corrected chi connectivity index (χ1v) is 9.37. The van der Waals surface area contributed by atoms with Crippen LogP contribution in [-0.2, 0) is 4.74 Å². The second-order valence-electron chi connectivity index (χ2n) is 7.77. The van der Waals surface area contributed by atoms with E-state index < -0.39 is 5.60 Å². The summed E-state index contributed by atoms with van der Waals surface area (Å²) in [4.78, 5) is 2.33. The molecule has 1 aromatic rings. The van der Waals surface area contributed by atoms with Gasteiger partial charge in [-0.2, -0.15) is 0 Å². The zero-order valence-corrected chi connectivity index (χ0v) is 15.2. The van der Waals surface area contributed by atoms with Crippen molar-refractivity contribution in [2.45, 2.75) is 44.8 Å². The van der Waals surface area contributed by atoms with E-state index in [-0.39, 0.29) is 6.10 Å². The third-order valence-corrected chi connectivity index (χ3v) is 5.78. The largest absolute Gasteiger partial charge is 0.487 e. The average Bonchev–Trinajstić information content (AvgIpc) is 3.10. The monoisotopic (exact) mass is 341 g/mol. The first-order valence-electron chi connectivity index (χ1n) is 9.37. The first-order chi connectivity index (χ1) is 12.0. The van der Waals surface area contributed by atoms with Gasteiger partial charge >= 0.3 is 0 Å². The number of hydrogen-bond donors (Lipinski definition) is 1. The lowest BCUT2D eigenvalue weighted by atomic mass is 9.76. The molecule has 0 saturated carbocycles. The third kappa shape index (κ3) is 3.42. The van der Waals surface area contributed by atoms with Gasteiger partial charge in [-0.05, 0) is 63.0 Å².